The molecule has 0 fully saturated rings. The first-order chi connectivity index (χ1) is 18.6. The fourth-order valence-electron chi connectivity index (χ4n) is 3.55. The quantitative estimate of drug-likeness (QED) is 0.104. The molecule has 0 bridgehead atoms. The van der Waals surface area contributed by atoms with Crippen LogP contribution in [-0.2, 0) is 14.8 Å². The van der Waals surface area contributed by atoms with Crippen molar-refractivity contribution in [3.8, 4) is 5.75 Å². The summed E-state index contributed by atoms with van der Waals surface area (Å²) < 4.78 is 34.0. The second-order valence-electron chi connectivity index (χ2n) is 8.46. The van der Waals surface area contributed by atoms with Crippen LogP contribution in [0.25, 0.3) is 5.52 Å². The fourth-order valence-corrected chi connectivity index (χ4v) is 4.76. The third-order valence-corrected chi connectivity index (χ3v) is 7.04. The second kappa shape index (κ2) is 13.4. The first-order valence-electron chi connectivity index (χ1n) is 12.0. The molecule has 3 rings (SSSR count). The smallest absolute Gasteiger partial charge is 0.323 e. The Morgan fingerprint density at radius 1 is 1.03 bits per heavy atom. The number of aliphatic imine (C=N–C) groups is 1. The minimum atomic E-state index is -4.15. The number of aliphatic carboxylic acids is 1. The lowest BCUT2D eigenvalue weighted by molar-refractivity contribution is -0.138. The van der Waals surface area contributed by atoms with Crippen molar-refractivity contribution in [2.45, 2.75) is 30.2 Å². The van der Waals surface area contributed by atoms with Crippen LogP contribution in [0.3, 0.4) is 0 Å². The number of amides is 1. The van der Waals surface area contributed by atoms with Gasteiger partial charge in [0.2, 0.25) is 10.0 Å². The van der Waals surface area contributed by atoms with Crippen LogP contribution in [0.15, 0.2) is 75.5 Å². The Hall–Kier alpha value is -4.43. The van der Waals surface area contributed by atoms with Crippen LogP contribution in [0.5, 0.6) is 5.75 Å². The molecule has 1 unspecified atom stereocenters. The number of carbonyl (C=O) groups excluding carboxylic acids is 1. The molecule has 0 aliphatic carbocycles. The van der Waals surface area contributed by atoms with Gasteiger partial charge in [-0.15, -0.1) is 0 Å². The second-order valence-corrected chi connectivity index (χ2v) is 10.2. The highest BCUT2D eigenvalue weighted by Gasteiger charge is 2.26. The third kappa shape index (κ3) is 8.28. The summed E-state index contributed by atoms with van der Waals surface area (Å²) in [6, 6.07) is 11.8. The summed E-state index contributed by atoms with van der Waals surface area (Å²) in [5, 5.41) is 11.8. The topological polar surface area (TPSA) is 208 Å². The number of hydrogen-bond acceptors (Lipinski definition) is 7. The van der Waals surface area contributed by atoms with Crippen molar-refractivity contribution >= 4 is 33.4 Å². The van der Waals surface area contributed by atoms with E-state index in [0.717, 1.165) is 19.3 Å². The van der Waals surface area contributed by atoms with Crippen molar-refractivity contribution in [3.05, 3.63) is 76.7 Å². The van der Waals surface area contributed by atoms with E-state index in [0.29, 0.717) is 24.4 Å². The number of rotatable bonds is 14. The van der Waals surface area contributed by atoms with Gasteiger partial charge in [-0.25, -0.2) is 8.42 Å². The molecule has 0 spiro atoms. The molecule has 0 saturated heterocycles. The predicted molar refractivity (Wildman–Crippen MR) is 144 cm³/mol. The highest BCUT2D eigenvalue weighted by molar-refractivity contribution is 7.89. The number of nitrogens with two attached hydrogens (primary N) is 2. The summed E-state index contributed by atoms with van der Waals surface area (Å²) in [7, 11) is -4.15. The van der Waals surface area contributed by atoms with Gasteiger partial charge in [-0.2, -0.15) is 4.72 Å². The first kappa shape index (κ1) is 29.1. The van der Waals surface area contributed by atoms with E-state index in [-0.39, 0.29) is 16.4 Å². The van der Waals surface area contributed by atoms with Gasteiger partial charge in [0.05, 0.1) is 17.7 Å². The minimum absolute atomic E-state index is 0.0512. The number of sulfonamides is 1. The molecule has 39 heavy (non-hydrogen) atoms. The largest absolute Gasteiger partial charge is 0.492 e. The maximum atomic E-state index is 13.0. The highest BCUT2D eigenvalue weighted by Crippen LogP contribution is 2.13. The van der Waals surface area contributed by atoms with Gasteiger partial charge in [-0.1, -0.05) is 18.2 Å². The van der Waals surface area contributed by atoms with Crippen molar-refractivity contribution < 1.29 is 27.9 Å². The number of benzene rings is 1. The van der Waals surface area contributed by atoms with Gasteiger partial charge >= 0.3 is 5.97 Å². The number of carboxylic acid groups (broad SMARTS) is 1. The van der Waals surface area contributed by atoms with Crippen molar-refractivity contribution in [1.82, 2.24) is 14.4 Å². The van der Waals surface area contributed by atoms with Gasteiger partial charge in [0.15, 0.2) is 5.96 Å². The number of nitrogens with one attached hydrogen (secondary N) is 2. The Morgan fingerprint density at radius 2 is 1.74 bits per heavy atom. The zero-order valence-electron chi connectivity index (χ0n) is 20.9. The molecule has 2 heterocycles. The molecule has 13 nitrogen and oxygen atoms in total. The number of aromatic nitrogens is 1. The maximum absolute atomic E-state index is 13.0. The lowest BCUT2D eigenvalue weighted by Gasteiger charge is -2.16. The number of ether oxygens (including phenoxy) is 1. The first-order valence-corrected chi connectivity index (χ1v) is 13.5. The molecule has 0 radical (unpaired) electrons. The van der Waals surface area contributed by atoms with E-state index in [1.54, 1.807) is 24.3 Å². The molecule has 0 saturated carbocycles. The zero-order valence-corrected chi connectivity index (χ0v) is 21.8. The molecular weight excluding hydrogens is 528 g/mol. The molecule has 0 aliphatic heterocycles. The molecule has 208 valence electrons. The van der Waals surface area contributed by atoms with Crippen molar-refractivity contribution in [1.29, 1.82) is 0 Å². The van der Waals surface area contributed by atoms with Crippen LogP contribution < -0.4 is 31.8 Å². The van der Waals surface area contributed by atoms with Crippen LogP contribution in [0.4, 0.5) is 0 Å². The molecule has 1 atom stereocenters. The molecule has 2 aromatic heterocycles. The Morgan fingerprint density at radius 3 is 2.44 bits per heavy atom. The van der Waals surface area contributed by atoms with E-state index in [9.17, 15) is 27.9 Å². The third-order valence-electron chi connectivity index (χ3n) is 5.55. The van der Waals surface area contributed by atoms with Crippen LogP contribution in [0.2, 0.25) is 0 Å². The van der Waals surface area contributed by atoms with Gasteiger partial charge in [0, 0.05) is 18.6 Å². The Bertz CT molecular complexity index is 1500. The number of pyridine rings is 2. The molecule has 0 aliphatic rings. The number of nitrogens with zero attached hydrogens (tertiary/aromatic N) is 2. The Kier molecular flexibility index (Phi) is 10.0. The molecule has 3 aromatic rings. The highest BCUT2D eigenvalue weighted by atomic mass is 32.2. The molecule has 14 heteroatoms. The Labute approximate surface area is 224 Å². The van der Waals surface area contributed by atoms with Crippen LogP contribution in [0.1, 0.15) is 29.6 Å². The number of carboxylic acids is 1. The van der Waals surface area contributed by atoms with Gasteiger partial charge in [-0.05, 0) is 55.7 Å². The van der Waals surface area contributed by atoms with E-state index in [1.165, 1.54) is 40.9 Å². The average Bonchev–Trinajstić information content (AvgIpc) is 2.91. The number of carbonyl (C=O) groups is 2. The SMILES string of the molecule is NC(N)=NCCCCCOc1ccc2ccc(C(=O)NCC(NS(=O)(=O)c3ccccc3)C(=O)O)c(=O)n2c1. The number of hydrogen-bond donors (Lipinski definition) is 5. The predicted octanol–water partition coefficient (Wildman–Crippen LogP) is 0.284. The maximum Gasteiger partial charge on any atom is 0.323 e. The summed E-state index contributed by atoms with van der Waals surface area (Å²) in [5.74, 6) is -1.88. The van der Waals surface area contributed by atoms with Crippen LogP contribution in [0, 0.1) is 0 Å². The van der Waals surface area contributed by atoms with Crippen LogP contribution >= 0.6 is 0 Å². The summed E-state index contributed by atoms with van der Waals surface area (Å²) in [4.78, 5) is 41.2. The number of unbranched alkanes of at least 4 members (excludes halogenated alkanes) is 2. The van der Waals surface area contributed by atoms with Gasteiger partial charge < -0.3 is 26.6 Å². The fraction of sp³-hybridized carbons (Fsp3) is 0.280. The van der Waals surface area contributed by atoms with E-state index in [4.69, 9.17) is 16.2 Å². The number of guanidine groups is 1. The zero-order chi connectivity index (χ0) is 28.4. The normalized spacial score (nSPS) is 12.0. The van der Waals surface area contributed by atoms with E-state index in [2.05, 4.69) is 10.3 Å². The van der Waals surface area contributed by atoms with Crippen molar-refractivity contribution in [2.75, 3.05) is 19.7 Å². The van der Waals surface area contributed by atoms with E-state index in [1.807, 2.05) is 4.72 Å². The van der Waals surface area contributed by atoms with Crippen molar-refractivity contribution in [3.63, 3.8) is 0 Å². The lowest BCUT2D eigenvalue weighted by Crippen LogP contribution is -2.48. The standard InChI is InChI=1S/C25H30N6O7S/c26-25(27)28-13-5-2-6-14-38-18-11-9-17-10-12-20(23(33)31(17)16-18)22(32)29-15-21(24(34)35)30-39(36,37)19-7-3-1-4-8-19/h1,3-4,7-12,16,21,30H,2,5-6,13-15H2,(H,29,32)(H,34,35)(H4,26,27,28). The summed E-state index contributed by atoms with van der Waals surface area (Å²) in [6.07, 6.45) is 3.84. The lowest BCUT2D eigenvalue weighted by atomic mass is 10.2. The minimum Gasteiger partial charge on any atom is -0.492 e. The summed E-state index contributed by atoms with van der Waals surface area (Å²) >= 11 is 0. The van der Waals surface area contributed by atoms with Gasteiger partial charge in [0.1, 0.15) is 17.4 Å². The molecular formula is C25H30N6O7S. The van der Waals surface area contributed by atoms with E-state index >= 15 is 0 Å². The van der Waals surface area contributed by atoms with Crippen LogP contribution in [-0.4, -0.2) is 61.5 Å². The summed E-state index contributed by atoms with van der Waals surface area (Å²) in [6.45, 7) is 0.344. The monoisotopic (exact) mass is 558 g/mol. The van der Waals surface area contributed by atoms with Crippen molar-refractivity contribution in [2.24, 2.45) is 16.5 Å². The van der Waals surface area contributed by atoms with Gasteiger partial charge in [0.25, 0.3) is 11.5 Å². The van der Waals surface area contributed by atoms with Gasteiger partial charge in [-0.3, -0.25) is 23.8 Å². The Balaban J connectivity index is 1.64. The average molecular weight is 559 g/mol. The number of fused-ring (bicyclic) bond motifs is 1. The molecule has 1 amide bonds. The molecule has 7 N–H and O–H groups in total. The summed E-state index contributed by atoms with van der Waals surface area (Å²) in [5.41, 5.74) is 10.2. The molecule has 1 aromatic carbocycles. The van der Waals surface area contributed by atoms with E-state index < -0.39 is 40.0 Å².